The van der Waals surface area contributed by atoms with Crippen molar-refractivity contribution in [1.29, 1.82) is 0 Å². The lowest BCUT2D eigenvalue weighted by molar-refractivity contribution is 0.266. The monoisotopic (exact) mass is 423 g/mol. The van der Waals surface area contributed by atoms with Crippen LogP contribution in [0.3, 0.4) is 0 Å². The van der Waals surface area contributed by atoms with Gasteiger partial charge in [0.25, 0.3) is 0 Å². The molecule has 3 aromatic rings. The average Bonchev–Trinajstić information content (AvgIpc) is 2.65. The first kappa shape index (κ1) is 21.4. The van der Waals surface area contributed by atoms with Gasteiger partial charge in [-0.15, -0.1) is 12.4 Å². The van der Waals surface area contributed by atoms with Crippen LogP contribution in [-0.4, -0.2) is 13.2 Å². The summed E-state index contributed by atoms with van der Waals surface area (Å²) in [6.07, 6.45) is 0. The van der Waals surface area contributed by atoms with Crippen LogP contribution in [0.1, 0.15) is 5.56 Å². The van der Waals surface area contributed by atoms with Crippen LogP contribution in [0, 0.1) is 0 Å². The van der Waals surface area contributed by atoms with Crippen LogP contribution >= 0.6 is 35.6 Å². The zero-order valence-corrected chi connectivity index (χ0v) is 16.9. The molecule has 3 aromatic carbocycles. The maximum Gasteiger partial charge on any atom is 0.162 e. The van der Waals surface area contributed by atoms with Crippen LogP contribution in [0.5, 0.6) is 11.5 Å². The number of nitrogens with two attached hydrogens (primary N) is 1. The molecule has 0 aliphatic rings. The highest BCUT2D eigenvalue weighted by atomic mass is 35.5. The molecular weight excluding hydrogens is 405 g/mol. The standard InChI is InChI=1S/C21H19Cl2NO2.ClH/c22-18-10-17(11-19(23)13-18)16-6-7-20(25-9-8-24)21(12-16)26-14-15-4-2-1-3-5-15;/h1-7,10-13H,8-9,14,24H2;1H. The number of benzene rings is 3. The fraction of sp³-hybridized carbons (Fsp3) is 0.143. The normalized spacial score (nSPS) is 10.2. The maximum absolute atomic E-state index is 6.13. The number of ether oxygens (including phenoxy) is 2. The minimum atomic E-state index is 0. The lowest BCUT2D eigenvalue weighted by Gasteiger charge is -2.14. The largest absolute Gasteiger partial charge is 0.488 e. The highest BCUT2D eigenvalue weighted by Crippen LogP contribution is 2.35. The molecule has 142 valence electrons. The SMILES string of the molecule is Cl.NCCOc1ccc(-c2cc(Cl)cc(Cl)c2)cc1OCc1ccccc1. The quantitative estimate of drug-likeness (QED) is 0.506. The van der Waals surface area contributed by atoms with Gasteiger partial charge in [0.2, 0.25) is 0 Å². The summed E-state index contributed by atoms with van der Waals surface area (Å²) < 4.78 is 11.7. The molecule has 0 bridgehead atoms. The molecule has 6 heteroatoms. The molecule has 0 heterocycles. The molecule has 0 aromatic heterocycles. The van der Waals surface area contributed by atoms with Crippen LogP contribution in [0.25, 0.3) is 11.1 Å². The molecule has 0 atom stereocenters. The van der Waals surface area contributed by atoms with E-state index < -0.39 is 0 Å². The van der Waals surface area contributed by atoms with Crippen molar-refractivity contribution in [3.63, 3.8) is 0 Å². The molecule has 0 radical (unpaired) electrons. The van der Waals surface area contributed by atoms with Crippen molar-refractivity contribution in [1.82, 2.24) is 0 Å². The van der Waals surface area contributed by atoms with Crippen LogP contribution in [0.2, 0.25) is 10.0 Å². The van der Waals surface area contributed by atoms with Crippen molar-refractivity contribution in [2.45, 2.75) is 6.61 Å². The molecule has 2 N–H and O–H groups in total. The van der Waals surface area contributed by atoms with E-state index in [0.717, 1.165) is 16.7 Å². The van der Waals surface area contributed by atoms with E-state index in [1.807, 2.05) is 60.7 Å². The Morgan fingerprint density at radius 2 is 1.44 bits per heavy atom. The Balaban J connectivity index is 0.00000261. The maximum atomic E-state index is 6.13. The predicted molar refractivity (Wildman–Crippen MR) is 114 cm³/mol. The minimum absolute atomic E-state index is 0. The van der Waals surface area contributed by atoms with Gasteiger partial charge >= 0.3 is 0 Å². The third-order valence-corrected chi connectivity index (χ3v) is 4.19. The van der Waals surface area contributed by atoms with E-state index in [-0.39, 0.29) is 12.4 Å². The molecule has 0 fully saturated rings. The van der Waals surface area contributed by atoms with Crippen molar-refractivity contribution in [3.05, 3.63) is 82.3 Å². The first-order valence-corrected chi connectivity index (χ1v) is 9.01. The van der Waals surface area contributed by atoms with Crippen molar-refractivity contribution in [2.75, 3.05) is 13.2 Å². The first-order valence-electron chi connectivity index (χ1n) is 8.26. The molecule has 0 unspecified atom stereocenters. The fourth-order valence-corrected chi connectivity index (χ4v) is 3.07. The van der Waals surface area contributed by atoms with Crippen LogP contribution < -0.4 is 15.2 Å². The Hall–Kier alpha value is -1.91. The Kier molecular flexibility index (Phi) is 8.26. The van der Waals surface area contributed by atoms with E-state index in [0.29, 0.717) is 41.3 Å². The molecule has 0 aliphatic carbocycles. The highest BCUT2D eigenvalue weighted by Gasteiger charge is 2.10. The van der Waals surface area contributed by atoms with Gasteiger partial charge in [0.15, 0.2) is 11.5 Å². The van der Waals surface area contributed by atoms with Gasteiger partial charge in [-0.25, -0.2) is 0 Å². The predicted octanol–water partition coefficient (Wildman–Crippen LogP) is 6.00. The summed E-state index contributed by atoms with van der Waals surface area (Å²) in [7, 11) is 0. The molecule has 0 saturated heterocycles. The molecule has 27 heavy (non-hydrogen) atoms. The minimum Gasteiger partial charge on any atom is -0.488 e. The summed E-state index contributed by atoms with van der Waals surface area (Å²) in [6, 6.07) is 21.2. The Morgan fingerprint density at radius 1 is 0.741 bits per heavy atom. The van der Waals surface area contributed by atoms with E-state index in [4.69, 9.17) is 38.4 Å². The van der Waals surface area contributed by atoms with Gasteiger partial charge in [-0.3, -0.25) is 0 Å². The summed E-state index contributed by atoms with van der Waals surface area (Å²) >= 11 is 12.3. The van der Waals surface area contributed by atoms with Gasteiger partial charge in [-0.1, -0.05) is 59.6 Å². The molecular formula is C21H20Cl3NO2. The second kappa shape index (κ2) is 10.4. The Labute approximate surface area is 175 Å². The van der Waals surface area contributed by atoms with E-state index in [9.17, 15) is 0 Å². The molecule has 0 aliphatic heterocycles. The van der Waals surface area contributed by atoms with Gasteiger partial charge in [0.1, 0.15) is 13.2 Å². The zero-order valence-electron chi connectivity index (χ0n) is 14.5. The van der Waals surface area contributed by atoms with Crippen molar-refractivity contribution in [3.8, 4) is 22.6 Å². The van der Waals surface area contributed by atoms with Gasteiger partial charge < -0.3 is 15.2 Å². The van der Waals surface area contributed by atoms with Crippen LogP contribution in [0.4, 0.5) is 0 Å². The second-order valence-electron chi connectivity index (χ2n) is 5.73. The number of halogens is 3. The number of rotatable bonds is 7. The molecule has 3 nitrogen and oxygen atoms in total. The summed E-state index contributed by atoms with van der Waals surface area (Å²) in [5, 5.41) is 1.17. The summed E-state index contributed by atoms with van der Waals surface area (Å²) in [4.78, 5) is 0. The van der Waals surface area contributed by atoms with Crippen molar-refractivity contribution >= 4 is 35.6 Å². The number of hydrogen-bond acceptors (Lipinski definition) is 3. The smallest absolute Gasteiger partial charge is 0.162 e. The third kappa shape index (κ3) is 6.05. The van der Waals surface area contributed by atoms with Crippen LogP contribution in [0.15, 0.2) is 66.7 Å². The zero-order chi connectivity index (χ0) is 18.4. The second-order valence-corrected chi connectivity index (χ2v) is 6.60. The van der Waals surface area contributed by atoms with Gasteiger partial charge in [0.05, 0.1) is 0 Å². The van der Waals surface area contributed by atoms with Gasteiger partial charge in [-0.2, -0.15) is 0 Å². The van der Waals surface area contributed by atoms with Crippen molar-refractivity contribution in [2.24, 2.45) is 5.73 Å². The summed E-state index contributed by atoms with van der Waals surface area (Å²) in [5.41, 5.74) is 8.48. The molecule has 3 rings (SSSR count). The van der Waals surface area contributed by atoms with E-state index in [1.165, 1.54) is 0 Å². The molecule has 0 saturated carbocycles. The van der Waals surface area contributed by atoms with Crippen molar-refractivity contribution < 1.29 is 9.47 Å². The van der Waals surface area contributed by atoms with Gasteiger partial charge in [-0.05, 0) is 47.0 Å². The lowest BCUT2D eigenvalue weighted by Crippen LogP contribution is -2.11. The highest BCUT2D eigenvalue weighted by molar-refractivity contribution is 6.35. The van der Waals surface area contributed by atoms with E-state index in [2.05, 4.69) is 0 Å². The first-order chi connectivity index (χ1) is 12.7. The lowest BCUT2D eigenvalue weighted by atomic mass is 10.1. The fourth-order valence-electron chi connectivity index (χ4n) is 2.54. The van der Waals surface area contributed by atoms with E-state index in [1.54, 1.807) is 6.07 Å². The average molecular weight is 425 g/mol. The molecule has 0 spiro atoms. The Morgan fingerprint density at radius 3 is 2.11 bits per heavy atom. The van der Waals surface area contributed by atoms with Gasteiger partial charge in [0, 0.05) is 16.6 Å². The number of hydrogen-bond donors (Lipinski definition) is 1. The van der Waals surface area contributed by atoms with E-state index >= 15 is 0 Å². The Bertz CT molecular complexity index is 852. The van der Waals surface area contributed by atoms with Crippen LogP contribution in [-0.2, 0) is 6.61 Å². The molecule has 0 amide bonds. The summed E-state index contributed by atoms with van der Waals surface area (Å²) in [5.74, 6) is 1.30. The topological polar surface area (TPSA) is 44.5 Å². The summed E-state index contributed by atoms with van der Waals surface area (Å²) in [6.45, 7) is 1.30. The third-order valence-electron chi connectivity index (χ3n) is 3.75.